The number of carbonyl (C=O) groups excluding carboxylic acids is 3. The molecule has 12 nitrogen and oxygen atoms in total. The molecule has 1 atom stereocenters. The maximum Gasteiger partial charge on any atom is 0.414 e. The van der Waals surface area contributed by atoms with Crippen LogP contribution in [0.25, 0.3) is 11.1 Å². The van der Waals surface area contributed by atoms with Crippen LogP contribution in [0.15, 0.2) is 65.7 Å². The van der Waals surface area contributed by atoms with Crippen molar-refractivity contribution in [2.45, 2.75) is 51.7 Å². The molecule has 3 amide bonds. The van der Waals surface area contributed by atoms with Crippen molar-refractivity contribution in [3.05, 3.63) is 81.8 Å². The van der Waals surface area contributed by atoms with E-state index in [4.69, 9.17) is 33.7 Å². The van der Waals surface area contributed by atoms with E-state index in [1.807, 2.05) is 47.4 Å². The van der Waals surface area contributed by atoms with Gasteiger partial charge in [0, 0.05) is 31.7 Å². The Balaban J connectivity index is 1.34. The lowest BCUT2D eigenvalue weighted by Crippen LogP contribution is -2.48. The number of benzene rings is 3. The summed E-state index contributed by atoms with van der Waals surface area (Å²) in [4.78, 5) is 56.1. The van der Waals surface area contributed by atoms with E-state index >= 15 is 0 Å². The maximum absolute atomic E-state index is 13.0. The summed E-state index contributed by atoms with van der Waals surface area (Å²) in [6.07, 6.45) is 1.07. The van der Waals surface area contributed by atoms with E-state index in [-0.39, 0.29) is 34.5 Å². The van der Waals surface area contributed by atoms with Gasteiger partial charge in [0.05, 0.1) is 21.3 Å². The van der Waals surface area contributed by atoms with Crippen molar-refractivity contribution < 1.29 is 29.0 Å². The topological polar surface area (TPSA) is 175 Å². The zero-order valence-electron chi connectivity index (χ0n) is 26.8. The monoisotopic (exact) mass is 696 g/mol. The van der Waals surface area contributed by atoms with Gasteiger partial charge in [-0.25, -0.2) is 14.6 Å². The molecule has 3 aromatic rings. The molecule has 0 saturated carbocycles. The molecule has 0 bridgehead atoms. The van der Waals surface area contributed by atoms with Crippen molar-refractivity contribution in [1.82, 2.24) is 16.0 Å². The number of nitrogens with two attached hydrogens (primary N) is 1. The molecule has 1 heterocycles. The Kier molecular flexibility index (Phi) is 11.9. The molecule has 0 radical (unpaired) electrons. The molecule has 1 aliphatic rings. The second-order valence-corrected chi connectivity index (χ2v) is 12.9. The number of alkyl carbamates (subject to hydrolysis) is 1. The summed E-state index contributed by atoms with van der Waals surface area (Å²) in [7, 11) is 0. The number of guanidine groups is 1. The van der Waals surface area contributed by atoms with E-state index in [1.165, 1.54) is 0 Å². The quantitative estimate of drug-likeness (QED) is 0.141. The predicted molar refractivity (Wildman–Crippen MR) is 186 cm³/mol. The largest absolute Gasteiger partial charge is 0.480 e. The van der Waals surface area contributed by atoms with Gasteiger partial charge in [-0.15, -0.1) is 0 Å². The highest BCUT2D eigenvalue weighted by Gasteiger charge is 2.25. The molecule has 0 fully saturated rings. The Hall–Kier alpha value is -4.81. The van der Waals surface area contributed by atoms with Crippen LogP contribution >= 0.6 is 23.2 Å². The molecule has 14 heteroatoms. The first-order valence-corrected chi connectivity index (χ1v) is 16.0. The van der Waals surface area contributed by atoms with Gasteiger partial charge in [0.2, 0.25) is 11.9 Å². The number of aliphatic imine (C=N–C) groups is 1. The third-order valence-electron chi connectivity index (χ3n) is 7.25. The summed E-state index contributed by atoms with van der Waals surface area (Å²) in [6, 6.07) is 16.6. The number of rotatable bonds is 10. The minimum absolute atomic E-state index is 0.0599. The minimum Gasteiger partial charge on any atom is -0.480 e. The zero-order chi connectivity index (χ0) is 35.0. The van der Waals surface area contributed by atoms with Gasteiger partial charge in [0.15, 0.2) is 0 Å². The fourth-order valence-corrected chi connectivity index (χ4v) is 5.73. The van der Waals surface area contributed by atoms with E-state index in [1.54, 1.807) is 39.0 Å². The maximum atomic E-state index is 13.0. The number of carboxylic acids is 1. The van der Waals surface area contributed by atoms with Crippen LogP contribution in [0.1, 0.15) is 49.5 Å². The third kappa shape index (κ3) is 10.1. The van der Waals surface area contributed by atoms with Gasteiger partial charge in [-0.05, 0) is 74.6 Å². The van der Waals surface area contributed by atoms with Crippen molar-refractivity contribution in [2.75, 3.05) is 24.5 Å². The molecule has 0 spiro atoms. The number of fused-ring (bicyclic) bond motifs is 1. The average Bonchev–Trinajstić information content (AvgIpc) is 3.00. The van der Waals surface area contributed by atoms with Crippen molar-refractivity contribution in [3.8, 4) is 11.1 Å². The Morgan fingerprint density at radius 1 is 1.02 bits per heavy atom. The number of aryl methyl sites for hydroxylation is 1. The Morgan fingerprint density at radius 2 is 1.71 bits per heavy atom. The Morgan fingerprint density at radius 3 is 2.35 bits per heavy atom. The number of hydrogen-bond donors (Lipinski definition) is 5. The highest BCUT2D eigenvalue weighted by atomic mass is 35.5. The molecule has 4 rings (SSSR count). The van der Waals surface area contributed by atoms with E-state index in [0.717, 1.165) is 29.7 Å². The van der Waals surface area contributed by atoms with Gasteiger partial charge in [0.25, 0.3) is 5.91 Å². The minimum atomic E-state index is -1.43. The average molecular weight is 698 g/mol. The third-order valence-corrected chi connectivity index (χ3v) is 7.85. The molecular formula is C34H38Cl2N6O6. The lowest BCUT2D eigenvalue weighted by Gasteiger charge is -2.31. The number of nitrogens with one attached hydrogen (secondary N) is 3. The summed E-state index contributed by atoms with van der Waals surface area (Å²) in [6.45, 7) is 5.90. The molecule has 48 heavy (non-hydrogen) atoms. The lowest BCUT2D eigenvalue weighted by atomic mass is 10.0. The number of nitrogens with zero attached hydrogens (tertiary/aromatic N) is 2. The molecule has 1 aliphatic heterocycles. The standard InChI is InChI=1S/C34H38Cl2N6O6/c1-34(2,3)48-33(47)41-32(37)39-23-12-11-21-10-7-14-42(27(21)18-23)15-13-28(43)38-19-26(31(45)46)40-30(44)29-24(35)16-22(17-25(29)36)20-8-5-4-6-9-20/h4-6,8-9,11-12,16-18,26H,7,10,13-15,19H2,1-3H3,(H,38,43)(H,40,44)(H,45,46)(H3,37,39,41,47)/t26-/m0/s1. The van der Waals surface area contributed by atoms with Gasteiger partial charge >= 0.3 is 12.1 Å². The van der Waals surface area contributed by atoms with Crippen LogP contribution in [-0.4, -0.2) is 66.2 Å². The molecule has 0 aliphatic carbocycles. The molecular weight excluding hydrogens is 659 g/mol. The molecule has 0 saturated heterocycles. The summed E-state index contributed by atoms with van der Waals surface area (Å²) in [5.41, 5.74) is 9.16. The highest BCUT2D eigenvalue weighted by molar-refractivity contribution is 6.40. The number of ether oxygens (including phenoxy) is 1. The van der Waals surface area contributed by atoms with E-state index in [9.17, 15) is 24.3 Å². The fourth-order valence-electron chi connectivity index (χ4n) is 5.07. The number of aliphatic carboxylic acids is 1. The summed E-state index contributed by atoms with van der Waals surface area (Å²) >= 11 is 12.8. The van der Waals surface area contributed by atoms with E-state index in [0.29, 0.717) is 24.3 Å². The summed E-state index contributed by atoms with van der Waals surface area (Å²) in [5, 5.41) is 17.3. The number of halogens is 2. The molecule has 3 aromatic carbocycles. The summed E-state index contributed by atoms with van der Waals surface area (Å²) in [5.74, 6) is -2.64. The number of carboxylic acid groups (broad SMARTS) is 1. The molecule has 254 valence electrons. The first-order chi connectivity index (χ1) is 22.7. The molecule has 0 aromatic heterocycles. The number of amides is 3. The normalized spacial score (nSPS) is 13.6. The van der Waals surface area contributed by atoms with Gasteiger partial charge in [-0.3, -0.25) is 14.9 Å². The molecule has 6 N–H and O–H groups in total. The van der Waals surface area contributed by atoms with Crippen molar-refractivity contribution in [3.63, 3.8) is 0 Å². The first-order valence-electron chi connectivity index (χ1n) is 15.3. The van der Waals surface area contributed by atoms with Crippen molar-refractivity contribution >= 4 is 64.4 Å². The highest BCUT2D eigenvalue weighted by Crippen LogP contribution is 2.33. The number of hydrogen-bond acceptors (Lipinski definition) is 7. The van der Waals surface area contributed by atoms with Crippen LogP contribution in [0, 0.1) is 0 Å². The van der Waals surface area contributed by atoms with Crippen LogP contribution in [-0.2, 0) is 20.7 Å². The van der Waals surface area contributed by atoms with Gasteiger partial charge in [-0.2, -0.15) is 0 Å². The zero-order valence-corrected chi connectivity index (χ0v) is 28.3. The Labute approximate surface area is 288 Å². The van der Waals surface area contributed by atoms with Crippen LogP contribution in [0.4, 0.5) is 16.2 Å². The number of carbonyl (C=O) groups is 4. The fraction of sp³-hybridized carbons (Fsp3) is 0.324. The van der Waals surface area contributed by atoms with Gasteiger partial charge < -0.3 is 31.1 Å². The van der Waals surface area contributed by atoms with E-state index < -0.39 is 35.5 Å². The summed E-state index contributed by atoms with van der Waals surface area (Å²) < 4.78 is 5.20. The predicted octanol–water partition coefficient (Wildman–Crippen LogP) is 5.27. The SMILES string of the molecule is CC(C)(C)OC(=O)NC(N)=Nc1ccc2c(c1)N(CCC(=O)NC[C@H](NC(=O)c1c(Cl)cc(-c3ccccc3)cc1Cl)C(=O)O)CCC2. The van der Waals surface area contributed by atoms with Gasteiger partial charge in [0.1, 0.15) is 11.6 Å². The van der Waals surface area contributed by atoms with E-state index in [2.05, 4.69) is 20.9 Å². The van der Waals surface area contributed by atoms with Crippen LogP contribution in [0.2, 0.25) is 10.0 Å². The second-order valence-electron chi connectivity index (χ2n) is 12.1. The smallest absolute Gasteiger partial charge is 0.414 e. The first kappa shape index (κ1) is 36.0. The molecule has 0 unspecified atom stereocenters. The van der Waals surface area contributed by atoms with Crippen LogP contribution < -0.4 is 26.6 Å². The van der Waals surface area contributed by atoms with Crippen molar-refractivity contribution in [2.24, 2.45) is 10.7 Å². The van der Waals surface area contributed by atoms with Crippen LogP contribution in [0.5, 0.6) is 0 Å². The van der Waals surface area contributed by atoms with Crippen LogP contribution in [0.3, 0.4) is 0 Å². The van der Waals surface area contributed by atoms with Gasteiger partial charge in [-0.1, -0.05) is 59.6 Å². The second kappa shape index (κ2) is 15.9. The number of anilines is 1. The van der Waals surface area contributed by atoms with Crippen molar-refractivity contribution in [1.29, 1.82) is 0 Å². The Bertz CT molecular complexity index is 1690. The lowest BCUT2D eigenvalue weighted by molar-refractivity contribution is -0.139.